The molecule has 0 unspecified atom stereocenters. The van der Waals surface area contributed by atoms with Crippen LogP contribution in [0.5, 0.6) is 11.5 Å². The van der Waals surface area contributed by atoms with E-state index in [0.29, 0.717) is 34.9 Å². The minimum Gasteiger partial charge on any atom is -0.497 e. The molecular weight excluding hydrogens is 336 g/mol. The third kappa shape index (κ3) is 3.92. The van der Waals surface area contributed by atoms with Gasteiger partial charge in [0, 0.05) is 18.3 Å². The summed E-state index contributed by atoms with van der Waals surface area (Å²) in [7, 11) is 4.71. The van der Waals surface area contributed by atoms with Gasteiger partial charge in [-0.2, -0.15) is 0 Å². The summed E-state index contributed by atoms with van der Waals surface area (Å²) in [6.45, 7) is 4.09. The molecule has 0 saturated carbocycles. The molecule has 142 valence electrons. The monoisotopic (exact) mass is 362 g/mol. The fourth-order valence-electron chi connectivity index (χ4n) is 2.79. The molecular formula is C19H26N2O5. The Kier molecular flexibility index (Phi) is 6.49. The smallest absolute Gasteiger partial charge is 0.338 e. The van der Waals surface area contributed by atoms with Gasteiger partial charge in [-0.05, 0) is 31.5 Å². The van der Waals surface area contributed by atoms with Crippen molar-refractivity contribution in [3.05, 3.63) is 35.0 Å². The molecule has 1 heterocycles. The highest BCUT2D eigenvalue weighted by Gasteiger charge is 2.36. The molecule has 1 N–H and O–H groups in total. The molecule has 2 amide bonds. The number of hydrogen-bond acceptors (Lipinski definition) is 5. The van der Waals surface area contributed by atoms with E-state index in [2.05, 4.69) is 5.32 Å². The minimum atomic E-state index is -0.683. The van der Waals surface area contributed by atoms with Crippen molar-refractivity contribution in [2.45, 2.75) is 32.7 Å². The summed E-state index contributed by atoms with van der Waals surface area (Å²) in [6.07, 6.45) is 1.71. The Bertz CT molecular complexity index is 714. The molecule has 1 aromatic rings. The molecule has 7 heteroatoms. The number of benzene rings is 1. The number of amides is 2. The number of carbonyl (C=O) groups excluding carboxylic acids is 2. The summed E-state index contributed by atoms with van der Waals surface area (Å²) >= 11 is 0. The summed E-state index contributed by atoms with van der Waals surface area (Å²) in [4.78, 5) is 26.5. The summed E-state index contributed by atoms with van der Waals surface area (Å²) in [5.74, 6) is 0.704. The maximum atomic E-state index is 12.7. The molecule has 1 aliphatic rings. The van der Waals surface area contributed by atoms with Gasteiger partial charge in [-0.15, -0.1) is 0 Å². The average Bonchev–Trinajstić information content (AvgIpc) is 2.65. The molecule has 1 aliphatic heterocycles. The van der Waals surface area contributed by atoms with Gasteiger partial charge in [0.15, 0.2) is 0 Å². The lowest BCUT2D eigenvalue weighted by molar-refractivity contribution is -0.139. The van der Waals surface area contributed by atoms with Crippen molar-refractivity contribution in [2.75, 3.05) is 27.9 Å². The van der Waals surface area contributed by atoms with E-state index < -0.39 is 12.0 Å². The first kappa shape index (κ1) is 19.6. The summed E-state index contributed by atoms with van der Waals surface area (Å²) in [5.41, 5.74) is 1.56. The first-order chi connectivity index (χ1) is 12.4. The fraction of sp³-hybridized carbons (Fsp3) is 0.474. The first-order valence-corrected chi connectivity index (χ1v) is 8.58. The quantitative estimate of drug-likeness (QED) is 0.596. The van der Waals surface area contributed by atoms with Gasteiger partial charge in [-0.3, -0.25) is 0 Å². The van der Waals surface area contributed by atoms with E-state index in [4.69, 9.17) is 14.2 Å². The lowest BCUT2D eigenvalue weighted by Crippen LogP contribution is -2.46. The zero-order valence-electron chi connectivity index (χ0n) is 15.9. The highest BCUT2D eigenvalue weighted by molar-refractivity contribution is 5.95. The number of hydrogen-bond donors (Lipinski definition) is 1. The Morgan fingerprint density at radius 1 is 1.27 bits per heavy atom. The molecule has 0 saturated heterocycles. The van der Waals surface area contributed by atoms with Gasteiger partial charge in [0.1, 0.15) is 11.5 Å². The Balaban J connectivity index is 2.50. The molecule has 0 fully saturated rings. The lowest BCUT2D eigenvalue weighted by atomic mass is 9.94. The van der Waals surface area contributed by atoms with Gasteiger partial charge < -0.3 is 24.4 Å². The van der Waals surface area contributed by atoms with E-state index in [-0.39, 0.29) is 6.03 Å². The first-order valence-electron chi connectivity index (χ1n) is 8.58. The normalized spacial score (nSPS) is 17.0. The number of nitrogens with one attached hydrogen (secondary N) is 1. The van der Waals surface area contributed by atoms with Gasteiger partial charge in [0.05, 0.1) is 32.4 Å². The molecule has 0 bridgehead atoms. The number of esters is 1. The number of rotatable bonds is 7. The number of unbranched alkanes of at least 4 members (excludes halogenated alkanes) is 1. The maximum Gasteiger partial charge on any atom is 0.338 e. The van der Waals surface area contributed by atoms with E-state index in [0.717, 1.165) is 12.8 Å². The summed E-state index contributed by atoms with van der Waals surface area (Å²) in [6, 6.07) is 4.27. The van der Waals surface area contributed by atoms with Crippen LogP contribution in [0.3, 0.4) is 0 Å². The number of nitrogens with zero attached hydrogens (tertiary/aromatic N) is 1. The number of ether oxygens (including phenoxy) is 3. The minimum absolute atomic E-state index is 0.303. The van der Waals surface area contributed by atoms with E-state index in [9.17, 15) is 9.59 Å². The van der Waals surface area contributed by atoms with E-state index in [1.807, 2.05) is 6.92 Å². The second-order valence-corrected chi connectivity index (χ2v) is 6.04. The van der Waals surface area contributed by atoms with Crippen LogP contribution >= 0.6 is 0 Å². The topological polar surface area (TPSA) is 77.1 Å². The van der Waals surface area contributed by atoms with Crippen LogP contribution in [0.25, 0.3) is 0 Å². The molecule has 0 aromatic heterocycles. The lowest BCUT2D eigenvalue weighted by Gasteiger charge is -2.33. The van der Waals surface area contributed by atoms with Gasteiger partial charge in [0.2, 0.25) is 0 Å². The summed E-state index contributed by atoms with van der Waals surface area (Å²) in [5, 5.41) is 2.85. The average molecular weight is 362 g/mol. The third-order valence-electron chi connectivity index (χ3n) is 4.45. The molecule has 7 nitrogen and oxygen atoms in total. The highest BCUT2D eigenvalue weighted by Crippen LogP contribution is 2.37. The van der Waals surface area contributed by atoms with Crippen molar-refractivity contribution in [1.82, 2.24) is 10.2 Å². The molecule has 0 radical (unpaired) electrons. The predicted octanol–water partition coefficient (Wildman–Crippen LogP) is 3.02. The number of allylic oxidation sites excluding steroid dienone is 1. The largest absolute Gasteiger partial charge is 0.497 e. The SMILES string of the molecule is CCCCOC(=O)C1=C(C)N(C)C(=O)N[C@H]1c1cc(OC)ccc1OC. The maximum absolute atomic E-state index is 12.7. The fourth-order valence-corrected chi connectivity index (χ4v) is 2.79. The van der Waals surface area contributed by atoms with Crippen LogP contribution in [-0.2, 0) is 9.53 Å². The Morgan fingerprint density at radius 3 is 2.62 bits per heavy atom. The number of urea groups is 1. The number of methoxy groups -OCH3 is 2. The van der Waals surface area contributed by atoms with Crippen LogP contribution in [0.15, 0.2) is 29.5 Å². The van der Waals surface area contributed by atoms with Crippen molar-refractivity contribution in [2.24, 2.45) is 0 Å². The Morgan fingerprint density at radius 2 is 2.00 bits per heavy atom. The molecule has 2 rings (SSSR count). The molecule has 1 aromatic carbocycles. The van der Waals surface area contributed by atoms with Crippen molar-refractivity contribution >= 4 is 12.0 Å². The number of carbonyl (C=O) groups is 2. The zero-order chi connectivity index (χ0) is 19.3. The van der Waals surface area contributed by atoms with E-state index in [1.54, 1.807) is 39.3 Å². The van der Waals surface area contributed by atoms with Crippen LogP contribution in [0.4, 0.5) is 4.79 Å². The molecule has 0 aliphatic carbocycles. The summed E-state index contributed by atoms with van der Waals surface area (Å²) < 4.78 is 16.1. The van der Waals surface area contributed by atoms with Crippen molar-refractivity contribution in [3.8, 4) is 11.5 Å². The standard InChI is InChI=1S/C19H26N2O5/c1-6-7-10-26-18(22)16-12(2)21(3)19(23)20-17(16)14-11-13(24-4)8-9-15(14)25-5/h8-9,11,17H,6-7,10H2,1-5H3,(H,20,23)/t17-/m0/s1. The molecule has 26 heavy (non-hydrogen) atoms. The molecule has 0 spiro atoms. The van der Waals surface area contributed by atoms with Crippen LogP contribution in [-0.4, -0.2) is 44.8 Å². The van der Waals surface area contributed by atoms with Crippen molar-refractivity contribution < 1.29 is 23.8 Å². The Hall–Kier alpha value is -2.70. The van der Waals surface area contributed by atoms with Crippen LogP contribution in [0, 0.1) is 0 Å². The van der Waals surface area contributed by atoms with Gasteiger partial charge >= 0.3 is 12.0 Å². The highest BCUT2D eigenvalue weighted by atomic mass is 16.5. The third-order valence-corrected chi connectivity index (χ3v) is 4.45. The molecule has 1 atom stereocenters. The van der Waals surface area contributed by atoms with Crippen molar-refractivity contribution in [1.29, 1.82) is 0 Å². The Labute approximate surface area is 153 Å². The van der Waals surface area contributed by atoms with Gasteiger partial charge in [-0.25, -0.2) is 9.59 Å². The van der Waals surface area contributed by atoms with Crippen LogP contribution in [0.2, 0.25) is 0 Å². The van der Waals surface area contributed by atoms with Crippen LogP contribution < -0.4 is 14.8 Å². The van der Waals surface area contributed by atoms with E-state index >= 15 is 0 Å². The zero-order valence-corrected chi connectivity index (χ0v) is 15.9. The van der Waals surface area contributed by atoms with Gasteiger partial charge in [-0.1, -0.05) is 13.3 Å². The van der Waals surface area contributed by atoms with Crippen molar-refractivity contribution in [3.63, 3.8) is 0 Å². The van der Waals surface area contributed by atoms with E-state index in [1.165, 1.54) is 12.0 Å². The van der Waals surface area contributed by atoms with Crippen LogP contribution in [0.1, 0.15) is 38.3 Å². The second kappa shape index (κ2) is 8.60. The predicted molar refractivity (Wildman–Crippen MR) is 97.1 cm³/mol. The second-order valence-electron chi connectivity index (χ2n) is 6.04. The van der Waals surface area contributed by atoms with Gasteiger partial charge in [0.25, 0.3) is 0 Å².